The Morgan fingerprint density at radius 2 is 2.00 bits per heavy atom. The highest BCUT2D eigenvalue weighted by Gasteiger charge is 2.19. The topological polar surface area (TPSA) is 0 Å². The van der Waals surface area contributed by atoms with Gasteiger partial charge in [0.05, 0.1) is 0 Å². The van der Waals surface area contributed by atoms with E-state index in [1.807, 2.05) is 6.08 Å². The van der Waals surface area contributed by atoms with Crippen LogP contribution in [0.3, 0.4) is 0 Å². The average molecular weight is 172 g/mol. The fraction of sp³-hybridized carbons (Fsp3) is 0.500. The first-order valence-electron chi connectivity index (χ1n) is 3.31. The minimum Gasteiger partial charge on any atom is -0.148 e. The molecule has 10 heavy (non-hydrogen) atoms. The van der Waals surface area contributed by atoms with Gasteiger partial charge in [0, 0.05) is 4.91 Å². The van der Waals surface area contributed by atoms with Gasteiger partial charge in [0.15, 0.2) is 0 Å². The number of thiol groups is 2. The summed E-state index contributed by atoms with van der Waals surface area (Å²) in [6, 6.07) is 0. The van der Waals surface area contributed by atoms with Gasteiger partial charge in [-0.3, -0.25) is 0 Å². The predicted octanol–water partition coefficient (Wildman–Crippen LogP) is 3.04. The first-order valence-corrected chi connectivity index (χ1v) is 4.20. The molecule has 0 heterocycles. The van der Waals surface area contributed by atoms with Crippen LogP contribution in [0.1, 0.15) is 20.3 Å². The molecule has 0 saturated heterocycles. The molecular formula is C8H12S2. The van der Waals surface area contributed by atoms with Crippen LogP contribution in [0.5, 0.6) is 0 Å². The van der Waals surface area contributed by atoms with E-state index in [4.69, 9.17) is 0 Å². The average Bonchev–Trinajstić information content (AvgIpc) is 1.54. The van der Waals surface area contributed by atoms with Gasteiger partial charge in [0.25, 0.3) is 0 Å². The van der Waals surface area contributed by atoms with Gasteiger partial charge >= 0.3 is 0 Å². The smallest absolute Gasteiger partial charge is 0.00133 e. The van der Waals surface area contributed by atoms with Crippen molar-refractivity contribution in [3.8, 4) is 0 Å². The third-order valence-corrected chi connectivity index (χ3v) is 2.04. The highest BCUT2D eigenvalue weighted by molar-refractivity contribution is 7.85. The molecule has 0 aliphatic heterocycles. The van der Waals surface area contributed by atoms with Crippen molar-refractivity contribution in [2.24, 2.45) is 5.41 Å². The second-order valence-electron chi connectivity index (χ2n) is 3.37. The zero-order valence-electron chi connectivity index (χ0n) is 6.26. The van der Waals surface area contributed by atoms with Crippen molar-refractivity contribution in [1.29, 1.82) is 0 Å². The maximum absolute atomic E-state index is 4.31. The number of allylic oxidation sites excluding steroid dienone is 3. The molecule has 0 bridgehead atoms. The normalized spacial score (nSPS) is 23.6. The second-order valence-corrected chi connectivity index (χ2v) is 4.46. The third-order valence-electron chi connectivity index (χ3n) is 1.49. The van der Waals surface area contributed by atoms with Gasteiger partial charge in [-0.1, -0.05) is 19.9 Å². The molecule has 1 rings (SSSR count). The summed E-state index contributed by atoms with van der Waals surface area (Å²) >= 11 is 8.58. The molecule has 0 aromatic heterocycles. The van der Waals surface area contributed by atoms with Crippen LogP contribution in [0.2, 0.25) is 0 Å². The van der Waals surface area contributed by atoms with Crippen molar-refractivity contribution in [3.63, 3.8) is 0 Å². The van der Waals surface area contributed by atoms with Crippen LogP contribution in [0, 0.1) is 5.41 Å². The summed E-state index contributed by atoms with van der Waals surface area (Å²) < 4.78 is 0. The summed E-state index contributed by atoms with van der Waals surface area (Å²) in [6.07, 6.45) is 5.19. The molecule has 1 aliphatic carbocycles. The molecule has 1 aliphatic rings. The summed E-state index contributed by atoms with van der Waals surface area (Å²) in [5.74, 6) is 0. The van der Waals surface area contributed by atoms with Crippen molar-refractivity contribution in [3.05, 3.63) is 22.0 Å². The van der Waals surface area contributed by atoms with Gasteiger partial charge in [0.1, 0.15) is 0 Å². The summed E-state index contributed by atoms with van der Waals surface area (Å²) in [5, 5.41) is 0. The van der Waals surface area contributed by atoms with Crippen molar-refractivity contribution in [2.45, 2.75) is 20.3 Å². The molecule has 0 unspecified atom stereocenters. The molecule has 0 radical (unpaired) electrons. The van der Waals surface area contributed by atoms with E-state index in [9.17, 15) is 0 Å². The Hall–Kier alpha value is 0.180. The molecule has 0 nitrogen and oxygen atoms in total. The Morgan fingerprint density at radius 3 is 2.40 bits per heavy atom. The summed E-state index contributed by atoms with van der Waals surface area (Å²) in [7, 11) is 0. The van der Waals surface area contributed by atoms with Crippen molar-refractivity contribution in [1.82, 2.24) is 0 Å². The summed E-state index contributed by atoms with van der Waals surface area (Å²) in [6.45, 7) is 4.37. The lowest BCUT2D eigenvalue weighted by atomic mass is 9.86. The van der Waals surface area contributed by atoms with Crippen molar-refractivity contribution < 1.29 is 0 Å². The van der Waals surface area contributed by atoms with Gasteiger partial charge in [-0.2, -0.15) is 0 Å². The molecule has 0 fully saturated rings. The van der Waals surface area contributed by atoms with E-state index in [1.54, 1.807) is 0 Å². The molecule has 0 saturated carbocycles. The van der Waals surface area contributed by atoms with Crippen molar-refractivity contribution >= 4 is 25.3 Å². The van der Waals surface area contributed by atoms with Crippen LogP contribution in [0.25, 0.3) is 0 Å². The van der Waals surface area contributed by atoms with Crippen LogP contribution in [-0.2, 0) is 0 Å². The van der Waals surface area contributed by atoms with Gasteiger partial charge in [0.2, 0.25) is 0 Å². The van der Waals surface area contributed by atoms with E-state index in [-0.39, 0.29) is 5.41 Å². The molecular weight excluding hydrogens is 160 g/mol. The van der Waals surface area contributed by atoms with Crippen LogP contribution in [-0.4, -0.2) is 0 Å². The number of hydrogen-bond acceptors (Lipinski definition) is 2. The van der Waals surface area contributed by atoms with Gasteiger partial charge < -0.3 is 0 Å². The molecule has 2 heteroatoms. The molecule has 0 aromatic rings. The maximum Gasteiger partial charge on any atom is 0.00133 e. The van der Waals surface area contributed by atoms with E-state index in [0.717, 1.165) is 16.2 Å². The molecule has 0 atom stereocenters. The zero-order valence-corrected chi connectivity index (χ0v) is 8.05. The van der Waals surface area contributed by atoms with E-state index in [0.29, 0.717) is 0 Å². The lowest BCUT2D eigenvalue weighted by Gasteiger charge is -2.24. The van der Waals surface area contributed by atoms with Crippen LogP contribution >= 0.6 is 25.3 Å². The monoisotopic (exact) mass is 172 g/mol. The zero-order chi connectivity index (χ0) is 7.78. The quantitative estimate of drug-likeness (QED) is 0.516. The standard InChI is InChI=1S/C8H12S2/c1-8(2)4-6(9)3-7(10)5-8/h3-4,9-10H,5H2,1-2H3. The van der Waals surface area contributed by atoms with E-state index in [2.05, 4.69) is 45.2 Å². The number of hydrogen-bond donors (Lipinski definition) is 2. The molecule has 56 valence electrons. The van der Waals surface area contributed by atoms with Crippen LogP contribution in [0.15, 0.2) is 22.0 Å². The third kappa shape index (κ3) is 2.10. The predicted molar refractivity (Wildman–Crippen MR) is 52.5 cm³/mol. The maximum atomic E-state index is 4.31. The fourth-order valence-electron chi connectivity index (χ4n) is 1.18. The van der Waals surface area contributed by atoms with Gasteiger partial charge in [-0.15, -0.1) is 25.3 Å². The first-order chi connectivity index (χ1) is 4.49. The molecule has 0 N–H and O–H groups in total. The summed E-state index contributed by atoms with van der Waals surface area (Å²) in [4.78, 5) is 2.15. The summed E-state index contributed by atoms with van der Waals surface area (Å²) in [5.41, 5.74) is 0.239. The molecule has 0 spiro atoms. The highest BCUT2D eigenvalue weighted by atomic mass is 32.1. The van der Waals surface area contributed by atoms with E-state index < -0.39 is 0 Å². The van der Waals surface area contributed by atoms with E-state index in [1.165, 1.54) is 0 Å². The van der Waals surface area contributed by atoms with Gasteiger partial charge in [-0.25, -0.2) is 0 Å². The SMILES string of the molecule is CC1(C)C=C(S)C=C(S)C1. The lowest BCUT2D eigenvalue weighted by Crippen LogP contribution is -2.10. The van der Waals surface area contributed by atoms with Gasteiger partial charge in [-0.05, 0) is 22.8 Å². The van der Waals surface area contributed by atoms with Crippen molar-refractivity contribution in [2.75, 3.05) is 0 Å². The molecule has 0 amide bonds. The van der Waals surface area contributed by atoms with E-state index >= 15 is 0 Å². The Balaban J connectivity index is 2.88. The Morgan fingerprint density at radius 1 is 1.40 bits per heavy atom. The molecule has 0 aromatic carbocycles. The lowest BCUT2D eigenvalue weighted by molar-refractivity contribution is 0.480. The minimum absolute atomic E-state index is 0.239. The first kappa shape index (κ1) is 8.28. The Kier molecular flexibility index (Phi) is 2.21. The highest BCUT2D eigenvalue weighted by Crippen LogP contribution is 2.35. The second kappa shape index (κ2) is 2.67. The fourth-order valence-corrected chi connectivity index (χ4v) is 2.34. The number of rotatable bonds is 0. The largest absolute Gasteiger partial charge is 0.148 e. The van der Waals surface area contributed by atoms with Crippen LogP contribution < -0.4 is 0 Å². The minimum atomic E-state index is 0.239. The Labute approximate surface area is 73.2 Å². The van der Waals surface area contributed by atoms with Crippen LogP contribution in [0.4, 0.5) is 0 Å². The Bertz CT molecular complexity index is 199.